The highest BCUT2D eigenvalue weighted by atomic mass is 35.5. The number of amides is 1. The topological polar surface area (TPSA) is 35.6 Å². The van der Waals surface area contributed by atoms with Gasteiger partial charge in [-0.25, -0.2) is 5.01 Å². The molecule has 1 saturated heterocycles. The van der Waals surface area contributed by atoms with E-state index in [9.17, 15) is 4.79 Å². The highest BCUT2D eigenvalue weighted by Crippen LogP contribution is 2.44. The number of nitrogens with one attached hydrogen (secondary N) is 1. The lowest BCUT2D eigenvalue weighted by atomic mass is 10.0. The Morgan fingerprint density at radius 1 is 1.17 bits per heavy atom. The maximum Gasteiger partial charge on any atom is 0.276 e. The molecule has 118 valence electrons. The van der Waals surface area contributed by atoms with Crippen molar-refractivity contribution in [3.63, 3.8) is 0 Å². The van der Waals surface area contributed by atoms with Crippen LogP contribution in [0.2, 0.25) is 5.02 Å². The van der Waals surface area contributed by atoms with Gasteiger partial charge in [0.25, 0.3) is 5.91 Å². The van der Waals surface area contributed by atoms with Crippen LogP contribution >= 0.6 is 11.6 Å². The molecule has 1 unspecified atom stereocenters. The molecule has 1 amide bonds. The fourth-order valence-electron chi connectivity index (χ4n) is 3.62. The second-order valence-corrected chi connectivity index (χ2v) is 6.69. The van der Waals surface area contributed by atoms with Crippen molar-refractivity contribution in [3.8, 4) is 0 Å². The third-order valence-electron chi connectivity index (χ3n) is 4.79. The first-order valence-corrected chi connectivity index (χ1v) is 8.21. The zero-order chi connectivity index (χ0) is 16.0. The Bertz CT molecular complexity index is 764. The molecule has 2 aliphatic heterocycles. The molecule has 2 aliphatic rings. The van der Waals surface area contributed by atoms with Crippen molar-refractivity contribution < 1.29 is 4.79 Å². The molecule has 23 heavy (non-hydrogen) atoms. The van der Waals surface area contributed by atoms with Gasteiger partial charge in [0, 0.05) is 11.6 Å². The number of benzene rings is 2. The van der Waals surface area contributed by atoms with Crippen molar-refractivity contribution in [2.24, 2.45) is 0 Å². The average Bonchev–Trinajstić information content (AvgIpc) is 2.95. The number of para-hydroxylation sites is 1. The van der Waals surface area contributed by atoms with E-state index < -0.39 is 0 Å². The van der Waals surface area contributed by atoms with Crippen LogP contribution in [0, 0.1) is 0 Å². The maximum atomic E-state index is 13.1. The maximum absolute atomic E-state index is 13.1. The van der Waals surface area contributed by atoms with E-state index in [2.05, 4.69) is 17.2 Å². The predicted molar refractivity (Wildman–Crippen MR) is 92.7 cm³/mol. The number of halogens is 1. The summed E-state index contributed by atoms with van der Waals surface area (Å²) in [6.07, 6.45) is 1.97. The summed E-state index contributed by atoms with van der Waals surface area (Å²) in [6.45, 7) is 3.03. The van der Waals surface area contributed by atoms with Gasteiger partial charge in [-0.2, -0.15) is 0 Å². The van der Waals surface area contributed by atoms with Gasteiger partial charge in [-0.15, -0.1) is 0 Å². The van der Waals surface area contributed by atoms with Gasteiger partial charge >= 0.3 is 0 Å². The Kier molecular flexibility index (Phi) is 3.23. The molecule has 4 rings (SSSR count). The van der Waals surface area contributed by atoms with Crippen molar-refractivity contribution in [1.82, 2.24) is 5.01 Å². The van der Waals surface area contributed by atoms with E-state index in [1.54, 1.807) is 11.1 Å². The predicted octanol–water partition coefficient (Wildman–Crippen LogP) is 4.14. The first-order valence-electron chi connectivity index (χ1n) is 7.83. The van der Waals surface area contributed by atoms with Crippen LogP contribution in [0.3, 0.4) is 0 Å². The normalized spacial score (nSPS) is 22.8. The number of carbonyl (C=O) groups is 1. The molecule has 0 bridgehead atoms. The number of hydrogen-bond acceptors (Lipinski definition) is 3. The molecule has 2 aromatic rings. The van der Waals surface area contributed by atoms with Gasteiger partial charge < -0.3 is 4.90 Å². The molecule has 2 aromatic carbocycles. The minimum atomic E-state index is -0.384. The van der Waals surface area contributed by atoms with E-state index in [1.807, 2.05) is 42.5 Å². The largest absolute Gasteiger partial charge is 0.347 e. The van der Waals surface area contributed by atoms with E-state index in [1.165, 1.54) is 0 Å². The number of anilines is 2. The molecule has 4 nitrogen and oxygen atoms in total. The van der Waals surface area contributed by atoms with E-state index in [-0.39, 0.29) is 11.6 Å². The fraction of sp³-hybridized carbons (Fsp3) is 0.278. The van der Waals surface area contributed by atoms with Crippen LogP contribution in [0.15, 0.2) is 48.5 Å². The third kappa shape index (κ3) is 2.17. The second kappa shape index (κ2) is 5.17. The number of fused-ring (bicyclic) bond motifs is 3. The summed E-state index contributed by atoms with van der Waals surface area (Å²) in [7, 11) is 0. The molecule has 2 heterocycles. The SMILES string of the molecule is CC12CCCN1c1cc(Cl)ccc1C(=O)N2Nc1ccccc1. The average molecular weight is 328 g/mol. The summed E-state index contributed by atoms with van der Waals surface area (Å²) in [5, 5.41) is 2.43. The molecule has 0 spiro atoms. The van der Waals surface area contributed by atoms with Gasteiger partial charge in [0.1, 0.15) is 5.66 Å². The summed E-state index contributed by atoms with van der Waals surface area (Å²) in [4.78, 5) is 15.4. The van der Waals surface area contributed by atoms with Crippen molar-refractivity contribution >= 4 is 28.9 Å². The van der Waals surface area contributed by atoms with Gasteiger partial charge in [0.2, 0.25) is 0 Å². The van der Waals surface area contributed by atoms with Crippen LogP contribution in [0.4, 0.5) is 11.4 Å². The molecule has 1 atom stereocenters. The van der Waals surface area contributed by atoms with Crippen LogP contribution in [0.1, 0.15) is 30.1 Å². The van der Waals surface area contributed by atoms with Crippen molar-refractivity contribution in [1.29, 1.82) is 0 Å². The lowest BCUT2D eigenvalue weighted by molar-refractivity contribution is 0.0580. The summed E-state index contributed by atoms with van der Waals surface area (Å²) < 4.78 is 0. The Balaban J connectivity index is 1.80. The molecule has 0 aliphatic carbocycles. The Morgan fingerprint density at radius 2 is 1.96 bits per heavy atom. The van der Waals surface area contributed by atoms with Gasteiger partial charge in [-0.3, -0.25) is 10.2 Å². The summed E-state index contributed by atoms with van der Waals surface area (Å²) >= 11 is 6.16. The molecule has 1 N–H and O–H groups in total. The van der Waals surface area contributed by atoms with Gasteiger partial charge in [0.05, 0.1) is 16.9 Å². The summed E-state index contributed by atoms with van der Waals surface area (Å²) in [5.41, 5.74) is 5.46. The summed E-state index contributed by atoms with van der Waals surface area (Å²) in [5.74, 6) is -0.0128. The number of hydrogen-bond donors (Lipinski definition) is 1. The van der Waals surface area contributed by atoms with E-state index in [4.69, 9.17) is 11.6 Å². The third-order valence-corrected chi connectivity index (χ3v) is 5.03. The molecule has 0 saturated carbocycles. The first-order chi connectivity index (χ1) is 11.1. The number of hydrazine groups is 1. The number of nitrogens with zero attached hydrogens (tertiary/aromatic N) is 2. The Labute approximate surface area is 140 Å². The first kappa shape index (κ1) is 14.4. The highest BCUT2D eigenvalue weighted by Gasteiger charge is 2.49. The molecular weight excluding hydrogens is 310 g/mol. The Hall–Kier alpha value is -2.20. The molecule has 0 aromatic heterocycles. The molecular formula is C18H18ClN3O. The second-order valence-electron chi connectivity index (χ2n) is 6.25. The zero-order valence-electron chi connectivity index (χ0n) is 12.9. The van der Waals surface area contributed by atoms with Gasteiger partial charge in [-0.1, -0.05) is 29.8 Å². The quantitative estimate of drug-likeness (QED) is 0.900. The smallest absolute Gasteiger partial charge is 0.276 e. The van der Waals surface area contributed by atoms with Crippen molar-refractivity contribution in [3.05, 3.63) is 59.1 Å². The van der Waals surface area contributed by atoms with Crippen LogP contribution < -0.4 is 10.3 Å². The Morgan fingerprint density at radius 3 is 2.74 bits per heavy atom. The van der Waals surface area contributed by atoms with Crippen LogP contribution in [0.25, 0.3) is 0 Å². The molecule has 1 fully saturated rings. The number of rotatable bonds is 2. The summed E-state index contributed by atoms with van der Waals surface area (Å²) in [6, 6.07) is 15.3. The van der Waals surface area contributed by atoms with E-state index in [0.29, 0.717) is 10.6 Å². The number of carbonyl (C=O) groups excluding carboxylic acids is 1. The minimum Gasteiger partial charge on any atom is -0.347 e. The molecule has 0 radical (unpaired) electrons. The van der Waals surface area contributed by atoms with Gasteiger partial charge in [-0.05, 0) is 50.1 Å². The van der Waals surface area contributed by atoms with E-state index in [0.717, 1.165) is 30.8 Å². The zero-order valence-corrected chi connectivity index (χ0v) is 13.7. The molecule has 5 heteroatoms. The lowest BCUT2D eigenvalue weighted by Crippen LogP contribution is -2.63. The van der Waals surface area contributed by atoms with Gasteiger partial charge in [0.15, 0.2) is 0 Å². The minimum absolute atomic E-state index is 0.0128. The standard InChI is InChI=1S/C18H18ClN3O/c1-18-10-5-11-21(18)16-12-13(19)8-9-15(16)17(23)22(18)20-14-6-3-2-4-7-14/h2-4,6-9,12,20H,5,10-11H2,1H3. The van der Waals surface area contributed by atoms with Crippen LogP contribution in [-0.2, 0) is 0 Å². The monoisotopic (exact) mass is 327 g/mol. The van der Waals surface area contributed by atoms with Crippen molar-refractivity contribution in [2.75, 3.05) is 16.9 Å². The van der Waals surface area contributed by atoms with Crippen molar-refractivity contribution in [2.45, 2.75) is 25.4 Å². The van der Waals surface area contributed by atoms with Crippen LogP contribution in [0.5, 0.6) is 0 Å². The fourth-order valence-corrected chi connectivity index (χ4v) is 3.79. The van der Waals surface area contributed by atoms with Crippen LogP contribution in [-0.4, -0.2) is 23.1 Å². The highest BCUT2D eigenvalue weighted by molar-refractivity contribution is 6.31. The lowest BCUT2D eigenvalue weighted by Gasteiger charge is -2.49. The van der Waals surface area contributed by atoms with E-state index >= 15 is 0 Å².